The van der Waals surface area contributed by atoms with E-state index in [2.05, 4.69) is 62.5 Å². The van der Waals surface area contributed by atoms with Gasteiger partial charge in [0.05, 0.1) is 12.7 Å². The van der Waals surface area contributed by atoms with Crippen LogP contribution in [0.3, 0.4) is 0 Å². The number of nitrogens with one attached hydrogen (secondary N) is 11. The number of nitrogens with two attached hydrogens (primary N) is 2. The number of hydrogen-bond donors (Lipinski definition) is 15. The molecule has 2 aliphatic rings. The largest absolute Gasteiger partial charge is 0.508 e. The molecule has 560 valence electrons. The quantitative estimate of drug-likeness (QED) is 0.0579. The number of unbranched alkanes of at least 4 members (excludes halogenated alkanes) is 1. The van der Waals surface area contributed by atoms with Crippen LogP contribution in [0.25, 0.3) is 21.8 Å². The average molecular weight is 1490 g/mol. The standard InChI is InChI=1S/C73H89F2N15O13S2/c1-40(2)24-55-66(97)84-56(27-44-33-79-52-17-13-46(74)29-50(44)52)67(98)85-57(28-45-34-80-53-18-14-47(75)30-51(45)53)68(99)87-59(32-63(93)94)70(101)86-58(31-48-35-78-39-81-48)69(100)88-60(26-41-11-15-49(91)16-12-41)71(102)90-22-7-20-73(90,3)72(103)89-61(64(77)95)38-105-37-43-9-6-8-42(25-43)36-104-23-19-62(92)82-54(65(96)83-55)10-4-5-21-76/h6,8-9,11-18,25,29-30,33-35,39-40,54-61,79-80,91H,4-5,7,10,19-24,26-28,31-32,36-38,76H2,1-3H3,(H2,77,95)(H,78,81)(H,82,92)(H,83,96)(H,84,97)(H,85,98)(H,86,101)(H,87,99)(H,88,100)(H,89,103)(H,93,94)/t54-,55+,56-,57-,58-,59-,60-,61-,73-/m0/s1. The molecule has 32 heteroatoms. The number of aliphatic carboxylic acids is 1. The van der Waals surface area contributed by atoms with Gasteiger partial charge in [0.1, 0.15) is 71.3 Å². The molecule has 0 spiro atoms. The fraction of sp³-hybridized carbons (Fsp3) is 0.425. The molecule has 0 aliphatic carbocycles. The number of carboxylic acids is 1. The zero-order valence-corrected chi connectivity index (χ0v) is 60.0. The summed E-state index contributed by atoms with van der Waals surface area (Å²) in [6.45, 7) is 5.42. The van der Waals surface area contributed by atoms with Gasteiger partial charge in [0.25, 0.3) is 0 Å². The van der Waals surface area contributed by atoms with Crippen molar-refractivity contribution in [2.24, 2.45) is 17.4 Å². The number of carbonyl (C=O) groups is 11. The lowest BCUT2D eigenvalue weighted by atomic mass is 9.95. The van der Waals surface area contributed by atoms with Crippen molar-refractivity contribution in [2.45, 2.75) is 163 Å². The topological polar surface area (TPSA) is 440 Å². The molecular weight excluding hydrogens is 1400 g/mol. The molecule has 105 heavy (non-hydrogen) atoms. The normalized spacial score (nSPS) is 23.1. The maximum Gasteiger partial charge on any atom is 0.305 e. The molecule has 0 radical (unpaired) electrons. The van der Waals surface area contributed by atoms with E-state index < -0.39 is 143 Å². The second-order valence-electron chi connectivity index (χ2n) is 27.0. The number of amides is 10. The minimum Gasteiger partial charge on any atom is -0.508 e. The van der Waals surface area contributed by atoms with Gasteiger partial charge in [-0.1, -0.05) is 50.2 Å². The molecule has 1 fully saturated rings. The van der Waals surface area contributed by atoms with Crippen molar-refractivity contribution < 1.29 is 71.7 Å². The van der Waals surface area contributed by atoms with Crippen molar-refractivity contribution in [2.75, 3.05) is 24.6 Å². The number of thioether (sulfide) groups is 2. The van der Waals surface area contributed by atoms with Gasteiger partial charge in [0.2, 0.25) is 59.1 Å². The highest BCUT2D eigenvalue weighted by molar-refractivity contribution is 7.98. The highest BCUT2D eigenvalue weighted by atomic mass is 32.2. The zero-order valence-electron chi connectivity index (χ0n) is 58.3. The number of H-pyrrole nitrogens is 3. The predicted molar refractivity (Wildman–Crippen MR) is 390 cm³/mol. The Labute approximate surface area is 612 Å². The van der Waals surface area contributed by atoms with E-state index in [9.17, 15) is 39.0 Å². The second kappa shape index (κ2) is 36.9. The first-order valence-electron chi connectivity index (χ1n) is 34.7. The van der Waals surface area contributed by atoms with E-state index in [1.54, 1.807) is 13.8 Å². The van der Waals surface area contributed by atoms with E-state index in [0.29, 0.717) is 70.6 Å². The molecule has 4 aromatic carbocycles. The van der Waals surface area contributed by atoms with Crippen LogP contribution in [-0.2, 0) is 89.9 Å². The van der Waals surface area contributed by atoms with Crippen molar-refractivity contribution in [1.82, 2.24) is 67.4 Å². The Morgan fingerprint density at radius 3 is 1.77 bits per heavy atom. The molecule has 1 saturated heterocycles. The van der Waals surface area contributed by atoms with Crippen LogP contribution >= 0.6 is 23.5 Å². The van der Waals surface area contributed by atoms with E-state index in [1.807, 2.05) is 24.3 Å². The van der Waals surface area contributed by atoms with Crippen molar-refractivity contribution in [3.8, 4) is 5.75 Å². The third kappa shape index (κ3) is 21.9. The van der Waals surface area contributed by atoms with Crippen LogP contribution in [0, 0.1) is 17.6 Å². The van der Waals surface area contributed by atoms with Crippen LogP contribution < -0.4 is 54.0 Å². The number of carbonyl (C=O) groups excluding carboxylic acids is 10. The highest BCUT2D eigenvalue weighted by Crippen LogP contribution is 2.32. The minimum absolute atomic E-state index is 0.00420. The molecule has 9 rings (SSSR count). The minimum atomic E-state index is -2.06. The summed E-state index contributed by atoms with van der Waals surface area (Å²) in [5.74, 6) is -10.9. The summed E-state index contributed by atoms with van der Waals surface area (Å²) in [6.07, 6.45) is 4.44. The van der Waals surface area contributed by atoms with Crippen LogP contribution in [0.5, 0.6) is 5.75 Å². The van der Waals surface area contributed by atoms with Gasteiger partial charge in [-0.25, -0.2) is 13.8 Å². The Morgan fingerprint density at radius 1 is 0.648 bits per heavy atom. The lowest BCUT2D eigenvalue weighted by Gasteiger charge is -2.37. The summed E-state index contributed by atoms with van der Waals surface area (Å²) in [5, 5.41) is 42.8. The molecule has 3 aromatic heterocycles. The van der Waals surface area contributed by atoms with Gasteiger partial charge in [0, 0.05) is 108 Å². The van der Waals surface area contributed by atoms with Gasteiger partial charge in [-0.3, -0.25) is 52.7 Å². The molecule has 2 aliphatic heterocycles. The predicted octanol–water partition coefficient (Wildman–Crippen LogP) is 3.59. The van der Waals surface area contributed by atoms with Crippen molar-refractivity contribution in [3.63, 3.8) is 0 Å². The number of aromatic hydroxyl groups is 1. The number of carboxylic acid groups (broad SMARTS) is 1. The Bertz CT molecular complexity index is 4270. The molecular formula is C73H89F2N15O13S2. The highest BCUT2D eigenvalue weighted by Gasteiger charge is 2.49. The monoisotopic (exact) mass is 1490 g/mol. The van der Waals surface area contributed by atoms with Gasteiger partial charge in [-0.15, -0.1) is 0 Å². The molecule has 2 bridgehead atoms. The number of imidazole rings is 1. The molecule has 28 nitrogen and oxygen atoms in total. The fourth-order valence-electron chi connectivity index (χ4n) is 12.8. The number of fused-ring (bicyclic) bond motifs is 5. The third-order valence-corrected chi connectivity index (χ3v) is 20.6. The molecule has 9 atom stereocenters. The first-order chi connectivity index (χ1) is 50.2. The molecule has 0 unspecified atom stereocenters. The fourth-order valence-corrected chi connectivity index (χ4v) is 14.8. The maximum absolute atomic E-state index is 15.4. The van der Waals surface area contributed by atoms with E-state index >= 15 is 32.8 Å². The Kier molecular flexibility index (Phi) is 27.7. The van der Waals surface area contributed by atoms with Gasteiger partial charge in [-0.2, -0.15) is 23.5 Å². The van der Waals surface area contributed by atoms with Crippen LogP contribution in [0.15, 0.2) is 110 Å². The SMILES string of the molecule is CC(C)C[C@H]1NC(=O)[C@H](CCCCN)NC(=O)CCSCc2cccc(c2)CSC[C@@H](C(N)=O)NC(=O)[C@]2(C)CCCN2C(=O)[C@H](Cc2ccc(O)cc2)NC(=O)[C@H](Cc2cnc[nH]2)NC(=O)[C@H](CC(=O)O)NC(=O)[C@H](Cc2c[nH]c3ccc(F)cc23)NC(=O)[C@H](Cc2c[nH]c3ccc(F)cc23)NC1=O. The number of phenols is 1. The molecule has 7 aromatic rings. The Balaban J connectivity index is 1.09. The van der Waals surface area contributed by atoms with E-state index in [-0.39, 0.29) is 85.6 Å². The summed E-state index contributed by atoms with van der Waals surface area (Å²) < 4.78 is 30.1. The maximum atomic E-state index is 15.4. The number of benzene rings is 4. The number of aromatic amines is 3. The van der Waals surface area contributed by atoms with Gasteiger partial charge in [-0.05, 0) is 134 Å². The lowest BCUT2D eigenvalue weighted by molar-refractivity contribution is -0.147. The smallest absolute Gasteiger partial charge is 0.305 e. The molecule has 5 heterocycles. The number of phenolic OH excluding ortho intramolecular Hbond substituents is 1. The summed E-state index contributed by atoms with van der Waals surface area (Å²) in [7, 11) is 0. The van der Waals surface area contributed by atoms with Gasteiger partial charge >= 0.3 is 5.97 Å². The Hall–Kier alpha value is -10.3. The van der Waals surface area contributed by atoms with E-state index in [4.69, 9.17) is 11.5 Å². The Morgan fingerprint density at radius 2 is 1.20 bits per heavy atom. The van der Waals surface area contributed by atoms with Crippen LogP contribution in [-0.4, -0.2) is 179 Å². The summed E-state index contributed by atoms with van der Waals surface area (Å²) >= 11 is 2.80. The number of halogens is 2. The van der Waals surface area contributed by atoms with Crippen molar-refractivity contribution in [3.05, 3.63) is 155 Å². The summed E-state index contributed by atoms with van der Waals surface area (Å²) in [4.78, 5) is 174. The lowest BCUT2D eigenvalue weighted by Crippen LogP contribution is -2.63. The number of hydrogen-bond acceptors (Lipinski definition) is 16. The molecule has 17 N–H and O–H groups in total. The van der Waals surface area contributed by atoms with Crippen LogP contribution in [0.1, 0.15) is 106 Å². The first-order valence-corrected chi connectivity index (χ1v) is 37.0. The summed E-state index contributed by atoms with van der Waals surface area (Å²) in [6, 6.07) is 8.63. The van der Waals surface area contributed by atoms with Crippen molar-refractivity contribution in [1.29, 1.82) is 0 Å². The number of aromatic nitrogens is 4. The third-order valence-electron chi connectivity index (χ3n) is 18.5. The summed E-state index contributed by atoms with van der Waals surface area (Å²) in [5.41, 5.74) is 14.1. The first kappa shape index (κ1) is 78.8. The zero-order chi connectivity index (χ0) is 75.5. The van der Waals surface area contributed by atoms with Gasteiger partial charge in [0.15, 0.2) is 0 Å². The number of primary amides is 1. The second-order valence-corrected chi connectivity index (χ2v) is 29.1. The van der Waals surface area contributed by atoms with Crippen molar-refractivity contribution >= 4 is 110 Å². The van der Waals surface area contributed by atoms with E-state index in [0.717, 1.165) is 11.1 Å². The number of rotatable bonds is 17. The van der Waals surface area contributed by atoms with Gasteiger partial charge < -0.3 is 84.1 Å². The number of nitrogens with zero attached hydrogens (tertiary/aromatic N) is 2. The average Bonchev–Trinajstić information content (AvgIpc) is 1.71. The van der Waals surface area contributed by atoms with Crippen LogP contribution in [0.2, 0.25) is 0 Å². The van der Waals surface area contributed by atoms with E-state index in [1.165, 1.54) is 121 Å². The molecule has 0 saturated carbocycles. The van der Waals surface area contributed by atoms with Crippen LogP contribution in [0.4, 0.5) is 8.78 Å². The molecule has 10 amide bonds.